The van der Waals surface area contributed by atoms with E-state index in [9.17, 15) is 14.4 Å². The molecule has 1 aromatic rings. The van der Waals surface area contributed by atoms with Crippen LogP contribution in [-0.4, -0.2) is 29.5 Å². The van der Waals surface area contributed by atoms with E-state index in [1.54, 1.807) is 20.8 Å². The van der Waals surface area contributed by atoms with E-state index < -0.39 is 23.6 Å². The van der Waals surface area contributed by atoms with Crippen LogP contribution in [0.1, 0.15) is 136 Å². The van der Waals surface area contributed by atoms with Gasteiger partial charge in [-0.3, -0.25) is 9.59 Å². The summed E-state index contributed by atoms with van der Waals surface area (Å²) < 4.78 is 10.8. The number of ether oxygens (including phenoxy) is 2. The predicted molar refractivity (Wildman–Crippen MR) is 154 cm³/mol. The SMILES string of the molecule is CCCCCCCCCCCCCCCC(=O)N[C@H](CCC(=O)OCc1ccccc1)C(=O)OC(C)(C)C. The third kappa shape index (κ3) is 18.8. The first-order chi connectivity index (χ1) is 18.2. The third-order valence-electron chi connectivity index (χ3n) is 6.41. The second kappa shape index (κ2) is 20.6. The topological polar surface area (TPSA) is 81.7 Å². The molecule has 1 rings (SSSR count). The van der Waals surface area contributed by atoms with Crippen molar-refractivity contribution in [3.63, 3.8) is 0 Å². The Morgan fingerprint density at radius 3 is 1.82 bits per heavy atom. The maximum absolute atomic E-state index is 12.7. The molecule has 1 atom stereocenters. The lowest BCUT2D eigenvalue weighted by atomic mass is 10.0. The molecule has 1 N–H and O–H groups in total. The van der Waals surface area contributed by atoms with E-state index >= 15 is 0 Å². The zero-order chi connectivity index (χ0) is 28.1. The van der Waals surface area contributed by atoms with Crippen molar-refractivity contribution in [1.82, 2.24) is 5.32 Å². The Morgan fingerprint density at radius 1 is 0.763 bits per heavy atom. The Bertz CT molecular complexity index is 772. The van der Waals surface area contributed by atoms with Gasteiger partial charge in [-0.1, -0.05) is 114 Å². The van der Waals surface area contributed by atoms with E-state index in [4.69, 9.17) is 9.47 Å². The summed E-state index contributed by atoms with van der Waals surface area (Å²) in [6, 6.07) is 8.56. The largest absolute Gasteiger partial charge is 0.461 e. The number of hydrogen-bond donors (Lipinski definition) is 1. The molecule has 0 heterocycles. The van der Waals surface area contributed by atoms with Gasteiger partial charge in [0.1, 0.15) is 18.2 Å². The Labute approximate surface area is 231 Å². The van der Waals surface area contributed by atoms with Crippen LogP contribution in [-0.2, 0) is 30.5 Å². The van der Waals surface area contributed by atoms with Crippen LogP contribution in [0, 0.1) is 0 Å². The molecule has 0 aromatic heterocycles. The highest BCUT2D eigenvalue weighted by atomic mass is 16.6. The van der Waals surface area contributed by atoms with Crippen molar-refractivity contribution in [2.75, 3.05) is 0 Å². The molecule has 6 nitrogen and oxygen atoms in total. The molecule has 1 amide bonds. The van der Waals surface area contributed by atoms with Gasteiger partial charge in [0, 0.05) is 12.8 Å². The van der Waals surface area contributed by atoms with Gasteiger partial charge in [-0.25, -0.2) is 4.79 Å². The molecule has 0 spiro atoms. The van der Waals surface area contributed by atoms with E-state index in [1.165, 1.54) is 64.2 Å². The van der Waals surface area contributed by atoms with Crippen molar-refractivity contribution in [3.05, 3.63) is 35.9 Å². The minimum absolute atomic E-state index is 0.0236. The molecule has 0 unspecified atom stereocenters. The lowest BCUT2D eigenvalue weighted by Crippen LogP contribution is -2.44. The van der Waals surface area contributed by atoms with Gasteiger partial charge >= 0.3 is 11.9 Å². The van der Waals surface area contributed by atoms with Crippen molar-refractivity contribution in [2.24, 2.45) is 0 Å². The van der Waals surface area contributed by atoms with Gasteiger partial charge in [-0.2, -0.15) is 0 Å². The Morgan fingerprint density at radius 2 is 1.29 bits per heavy atom. The lowest BCUT2D eigenvalue weighted by molar-refractivity contribution is -0.159. The first-order valence-electron chi connectivity index (χ1n) is 14.9. The quantitative estimate of drug-likeness (QED) is 0.129. The van der Waals surface area contributed by atoms with E-state index in [1.807, 2.05) is 30.3 Å². The summed E-state index contributed by atoms with van der Waals surface area (Å²) in [5, 5.41) is 2.79. The van der Waals surface area contributed by atoms with Crippen LogP contribution >= 0.6 is 0 Å². The van der Waals surface area contributed by atoms with Gasteiger partial charge in [-0.05, 0) is 39.2 Å². The molecule has 0 fully saturated rings. The lowest BCUT2D eigenvalue weighted by Gasteiger charge is -2.24. The fourth-order valence-electron chi connectivity index (χ4n) is 4.26. The van der Waals surface area contributed by atoms with Crippen LogP contribution in [0.4, 0.5) is 0 Å². The number of benzene rings is 1. The highest BCUT2D eigenvalue weighted by Crippen LogP contribution is 2.14. The first-order valence-corrected chi connectivity index (χ1v) is 14.9. The average molecular weight is 532 g/mol. The molecular weight excluding hydrogens is 478 g/mol. The molecule has 6 heteroatoms. The van der Waals surface area contributed by atoms with Crippen LogP contribution < -0.4 is 5.32 Å². The smallest absolute Gasteiger partial charge is 0.329 e. The van der Waals surface area contributed by atoms with E-state index in [2.05, 4.69) is 12.2 Å². The van der Waals surface area contributed by atoms with Crippen LogP contribution in [0.15, 0.2) is 30.3 Å². The number of rotatable bonds is 21. The minimum atomic E-state index is -0.868. The molecule has 216 valence electrons. The van der Waals surface area contributed by atoms with Crippen molar-refractivity contribution in [3.8, 4) is 0 Å². The summed E-state index contributed by atoms with van der Waals surface area (Å²) in [6.07, 6.45) is 16.7. The molecule has 1 aromatic carbocycles. The number of carbonyl (C=O) groups is 3. The second-order valence-corrected chi connectivity index (χ2v) is 11.3. The maximum Gasteiger partial charge on any atom is 0.329 e. The van der Waals surface area contributed by atoms with Crippen molar-refractivity contribution in [2.45, 2.75) is 149 Å². The van der Waals surface area contributed by atoms with Gasteiger partial charge in [0.25, 0.3) is 0 Å². The molecule has 0 radical (unpaired) electrons. The Hall–Kier alpha value is -2.37. The van der Waals surface area contributed by atoms with Crippen LogP contribution in [0.5, 0.6) is 0 Å². The normalized spacial score (nSPS) is 12.1. The summed E-state index contributed by atoms with van der Waals surface area (Å²) in [7, 11) is 0. The number of unbranched alkanes of at least 4 members (excludes halogenated alkanes) is 12. The molecule has 0 aliphatic heterocycles. The zero-order valence-corrected chi connectivity index (χ0v) is 24.5. The highest BCUT2D eigenvalue weighted by molar-refractivity contribution is 5.85. The summed E-state index contributed by atoms with van der Waals surface area (Å²) in [6.45, 7) is 7.78. The summed E-state index contributed by atoms with van der Waals surface area (Å²) in [5.41, 5.74) is 0.221. The molecular formula is C32H53NO5. The standard InChI is InChI=1S/C32H53NO5/c1-5-6-7-8-9-10-11-12-13-14-15-16-20-23-29(34)33-28(31(36)38-32(2,3)4)24-25-30(35)37-26-27-21-18-17-19-22-27/h17-19,21-22,28H,5-16,20,23-26H2,1-4H3,(H,33,34)/t28-/m1/s1. The Kier molecular flexibility index (Phi) is 18.2. The van der Waals surface area contributed by atoms with Gasteiger partial charge in [0.05, 0.1) is 0 Å². The number of amides is 1. The van der Waals surface area contributed by atoms with Crippen molar-refractivity contribution >= 4 is 17.8 Å². The molecule has 0 saturated heterocycles. The van der Waals surface area contributed by atoms with Crippen molar-refractivity contribution in [1.29, 1.82) is 0 Å². The molecule has 0 aliphatic carbocycles. The van der Waals surface area contributed by atoms with Gasteiger partial charge in [0.2, 0.25) is 5.91 Å². The van der Waals surface area contributed by atoms with Crippen LogP contribution in [0.25, 0.3) is 0 Å². The fourth-order valence-corrected chi connectivity index (χ4v) is 4.26. The average Bonchev–Trinajstić information content (AvgIpc) is 2.87. The third-order valence-corrected chi connectivity index (χ3v) is 6.41. The second-order valence-electron chi connectivity index (χ2n) is 11.3. The van der Waals surface area contributed by atoms with Crippen molar-refractivity contribution < 1.29 is 23.9 Å². The molecule has 0 aliphatic rings. The summed E-state index contributed by atoms with van der Waals surface area (Å²) in [5.74, 6) is -1.11. The maximum atomic E-state index is 12.7. The summed E-state index contributed by atoms with van der Waals surface area (Å²) in [4.78, 5) is 37.5. The zero-order valence-electron chi connectivity index (χ0n) is 24.5. The van der Waals surface area contributed by atoms with Gasteiger partial charge < -0.3 is 14.8 Å². The van der Waals surface area contributed by atoms with Crippen LogP contribution in [0.2, 0.25) is 0 Å². The molecule has 0 bridgehead atoms. The number of carbonyl (C=O) groups excluding carboxylic acids is 3. The molecule has 0 saturated carbocycles. The highest BCUT2D eigenvalue weighted by Gasteiger charge is 2.27. The predicted octanol–water partition coefficient (Wildman–Crippen LogP) is 7.82. The van der Waals surface area contributed by atoms with Gasteiger partial charge in [-0.15, -0.1) is 0 Å². The number of esters is 2. The fraction of sp³-hybridized carbons (Fsp3) is 0.719. The minimum Gasteiger partial charge on any atom is -0.461 e. The first kappa shape index (κ1) is 33.7. The van der Waals surface area contributed by atoms with Crippen LogP contribution in [0.3, 0.4) is 0 Å². The van der Waals surface area contributed by atoms with E-state index in [-0.39, 0.29) is 25.4 Å². The Balaban J connectivity index is 2.27. The number of hydrogen-bond acceptors (Lipinski definition) is 5. The molecule has 38 heavy (non-hydrogen) atoms. The van der Waals surface area contributed by atoms with Gasteiger partial charge in [0.15, 0.2) is 0 Å². The van der Waals surface area contributed by atoms with E-state index in [0.29, 0.717) is 6.42 Å². The number of nitrogens with one attached hydrogen (secondary N) is 1. The van der Waals surface area contributed by atoms with E-state index in [0.717, 1.165) is 24.8 Å². The monoisotopic (exact) mass is 531 g/mol. The summed E-state index contributed by atoms with van der Waals surface area (Å²) >= 11 is 0.